The molecular weight excluding hydrogens is 292 g/mol. The zero-order chi connectivity index (χ0) is 16.3. The van der Waals surface area contributed by atoms with Crippen molar-refractivity contribution in [1.82, 2.24) is 0 Å². The lowest BCUT2D eigenvalue weighted by Crippen LogP contribution is -2.58. The number of benzene rings is 2. The van der Waals surface area contributed by atoms with Crippen molar-refractivity contribution in [3.05, 3.63) is 82.9 Å². The minimum Gasteiger partial charge on any atom is -0.197 e. The Kier molecular flexibility index (Phi) is 2.48. The van der Waals surface area contributed by atoms with Crippen molar-refractivity contribution >= 4 is 11.6 Å². The molecule has 2 heteroatoms. The Balaban J connectivity index is 1.80. The van der Waals surface area contributed by atoms with Gasteiger partial charge in [0.1, 0.15) is 0 Å². The van der Waals surface area contributed by atoms with Crippen LogP contribution in [-0.2, 0) is 5.41 Å². The van der Waals surface area contributed by atoms with Gasteiger partial charge in [0.15, 0.2) is 0 Å². The first-order chi connectivity index (χ1) is 11.8. The molecule has 1 fully saturated rings. The third-order valence-electron chi connectivity index (χ3n) is 5.96. The summed E-state index contributed by atoms with van der Waals surface area (Å²) in [6.07, 6.45) is 6.39. The van der Waals surface area contributed by atoms with E-state index in [9.17, 15) is 10.5 Å². The second-order valence-electron chi connectivity index (χ2n) is 6.79. The van der Waals surface area contributed by atoms with Crippen molar-refractivity contribution in [2.45, 2.75) is 11.3 Å². The Morgan fingerprint density at radius 1 is 0.958 bits per heavy atom. The Hall–Kier alpha value is -3.10. The van der Waals surface area contributed by atoms with Gasteiger partial charge in [0.25, 0.3) is 0 Å². The molecule has 4 atom stereocenters. The largest absolute Gasteiger partial charge is 0.197 e. The lowest BCUT2D eigenvalue weighted by molar-refractivity contribution is 0.107. The summed E-state index contributed by atoms with van der Waals surface area (Å²) in [6.45, 7) is 0. The normalized spacial score (nSPS) is 31.1. The van der Waals surface area contributed by atoms with Crippen LogP contribution in [0.4, 0.5) is 0 Å². The van der Waals surface area contributed by atoms with Gasteiger partial charge in [-0.1, -0.05) is 66.8 Å². The van der Waals surface area contributed by atoms with E-state index in [1.807, 2.05) is 30.3 Å². The van der Waals surface area contributed by atoms with Crippen LogP contribution in [0.3, 0.4) is 0 Å². The maximum Gasteiger partial charge on any atom is 0.0994 e. The molecule has 0 bridgehead atoms. The number of hydrogen-bond acceptors (Lipinski definition) is 2. The average molecular weight is 306 g/mol. The second-order valence-corrected chi connectivity index (χ2v) is 6.79. The number of nitrogens with zero attached hydrogens (tertiary/aromatic N) is 2. The van der Waals surface area contributed by atoms with Crippen LogP contribution in [0.5, 0.6) is 0 Å². The van der Waals surface area contributed by atoms with Crippen molar-refractivity contribution in [3.63, 3.8) is 0 Å². The minimum absolute atomic E-state index is 0.117. The summed E-state index contributed by atoms with van der Waals surface area (Å²) in [5.41, 5.74) is 4.62. The Morgan fingerprint density at radius 2 is 1.75 bits per heavy atom. The van der Waals surface area contributed by atoms with E-state index in [4.69, 9.17) is 0 Å². The Labute approximate surface area is 141 Å². The maximum absolute atomic E-state index is 10.2. The molecule has 0 heterocycles. The smallest absolute Gasteiger partial charge is 0.0994 e. The zero-order valence-corrected chi connectivity index (χ0v) is 13.0. The van der Waals surface area contributed by atoms with Crippen LogP contribution in [0.15, 0.2) is 60.7 Å². The molecule has 0 aromatic heterocycles. The van der Waals surface area contributed by atoms with E-state index in [0.717, 1.165) is 27.8 Å². The first-order valence-corrected chi connectivity index (χ1v) is 8.21. The number of fused-ring (bicyclic) bond motifs is 8. The summed E-state index contributed by atoms with van der Waals surface area (Å²) >= 11 is 0. The van der Waals surface area contributed by atoms with Gasteiger partial charge < -0.3 is 0 Å². The topological polar surface area (TPSA) is 47.6 Å². The Morgan fingerprint density at radius 3 is 2.58 bits per heavy atom. The monoisotopic (exact) mass is 306 g/mol. The third kappa shape index (κ3) is 1.35. The molecule has 24 heavy (non-hydrogen) atoms. The van der Waals surface area contributed by atoms with Crippen LogP contribution in [0.25, 0.3) is 11.6 Å². The lowest BCUT2D eigenvalue weighted by Gasteiger charge is -2.59. The fraction of sp³-hybridized carbons (Fsp3) is 0.182. The number of hydrogen-bond donors (Lipinski definition) is 0. The predicted molar refractivity (Wildman–Crippen MR) is 92.5 cm³/mol. The van der Waals surface area contributed by atoms with Crippen molar-refractivity contribution in [3.8, 4) is 12.1 Å². The van der Waals surface area contributed by atoms with Crippen LogP contribution in [0.1, 0.15) is 28.2 Å². The van der Waals surface area contributed by atoms with E-state index < -0.39 is 5.41 Å². The zero-order valence-electron chi connectivity index (χ0n) is 13.0. The number of allylic oxidation sites excluding steroid dienone is 3. The summed E-state index contributed by atoms with van der Waals surface area (Å²) in [5.74, 6) is 0.477. The van der Waals surface area contributed by atoms with Gasteiger partial charge in [-0.2, -0.15) is 10.5 Å². The molecule has 3 aliphatic carbocycles. The van der Waals surface area contributed by atoms with Gasteiger partial charge in [0.05, 0.1) is 23.1 Å². The highest BCUT2D eigenvalue weighted by Crippen LogP contribution is 2.67. The predicted octanol–water partition coefficient (Wildman–Crippen LogP) is 4.43. The molecule has 0 unspecified atom stereocenters. The van der Waals surface area contributed by atoms with Gasteiger partial charge in [0, 0.05) is 11.8 Å². The van der Waals surface area contributed by atoms with Crippen molar-refractivity contribution in [1.29, 1.82) is 10.5 Å². The molecule has 0 N–H and O–H groups in total. The van der Waals surface area contributed by atoms with E-state index in [1.54, 1.807) is 0 Å². The fourth-order valence-corrected chi connectivity index (χ4v) is 5.01. The van der Waals surface area contributed by atoms with Crippen LogP contribution in [0.2, 0.25) is 0 Å². The Bertz CT molecular complexity index is 1010. The van der Waals surface area contributed by atoms with Crippen molar-refractivity contribution in [2.24, 2.45) is 11.8 Å². The average Bonchev–Trinajstić information content (AvgIpc) is 2.63. The first-order valence-electron chi connectivity index (χ1n) is 8.21. The van der Waals surface area contributed by atoms with Gasteiger partial charge in [0.2, 0.25) is 0 Å². The van der Waals surface area contributed by atoms with E-state index >= 15 is 0 Å². The van der Waals surface area contributed by atoms with Gasteiger partial charge in [-0.25, -0.2) is 0 Å². The van der Waals surface area contributed by atoms with Gasteiger partial charge in [-0.3, -0.25) is 0 Å². The van der Waals surface area contributed by atoms with Gasteiger partial charge in [-0.15, -0.1) is 0 Å². The highest BCUT2D eigenvalue weighted by atomic mass is 14.7. The van der Waals surface area contributed by atoms with E-state index in [1.165, 1.54) is 0 Å². The summed E-state index contributed by atoms with van der Waals surface area (Å²) in [5, 5.41) is 19.8. The lowest BCUT2D eigenvalue weighted by atomic mass is 9.40. The molecule has 0 radical (unpaired) electrons. The summed E-state index contributed by atoms with van der Waals surface area (Å²) in [6, 6.07) is 21.3. The van der Waals surface area contributed by atoms with Crippen LogP contribution >= 0.6 is 0 Å². The van der Waals surface area contributed by atoms with Crippen molar-refractivity contribution < 1.29 is 0 Å². The summed E-state index contributed by atoms with van der Waals surface area (Å²) in [7, 11) is 0. The molecule has 0 saturated heterocycles. The third-order valence-corrected chi connectivity index (χ3v) is 5.96. The molecule has 3 aliphatic rings. The molecule has 0 spiro atoms. The van der Waals surface area contributed by atoms with Gasteiger partial charge in [-0.05, 0) is 28.2 Å². The summed E-state index contributed by atoms with van der Waals surface area (Å²) in [4.78, 5) is 0. The molecule has 1 saturated carbocycles. The van der Waals surface area contributed by atoms with Gasteiger partial charge >= 0.3 is 0 Å². The van der Waals surface area contributed by atoms with E-state index in [2.05, 4.69) is 48.6 Å². The molecular formula is C22H14N2. The summed E-state index contributed by atoms with van der Waals surface area (Å²) < 4.78 is 0. The maximum atomic E-state index is 10.2. The molecule has 2 aromatic carbocycles. The first kappa shape index (κ1) is 13.3. The molecule has 5 rings (SSSR count). The SMILES string of the molecule is N#CC1=C[C@H]2[C@@H](c3ccccc31)[C@@]1(C#N)c3ccccc3C=C[C@@H]21. The quantitative estimate of drug-likeness (QED) is 0.723. The second kappa shape index (κ2) is 4.47. The molecule has 112 valence electrons. The standard InChI is InChI=1S/C22H14N2/c23-12-15-11-18-20-10-9-14-5-1-4-8-19(14)22(20,13-24)21(18)17-7-3-2-6-16(15)17/h1-11,18,20-21H/t18-,20+,21-,22+/m1/s1. The molecule has 2 nitrogen and oxygen atoms in total. The van der Waals surface area contributed by atoms with E-state index in [-0.39, 0.29) is 17.8 Å². The highest BCUT2D eigenvalue weighted by molar-refractivity contribution is 5.83. The van der Waals surface area contributed by atoms with E-state index in [0.29, 0.717) is 0 Å². The van der Waals surface area contributed by atoms with Crippen LogP contribution < -0.4 is 0 Å². The van der Waals surface area contributed by atoms with Crippen LogP contribution in [-0.4, -0.2) is 0 Å². The molecule has 2 aromatic rings. The molecule has 0 aliphatic heterocycles. The number of rotatable bonds is 0. The fourth-order valence-electron chi connectivity index (χ4n) is 5.01. The highest BCUT2D eigenvalue weighted by Gasteiger charge is 2.64. The molecule has 0 amide bonds. The van der Waals surface area contributed by atoms with Crippen molar-refractivity contribution in [2.75, 3.05) is 0 Å². The van der Waals surface area contributed by atoms with Crippen LogP contribution in [0, 0.1) is 34.5 Å². The minimum atomic E-state index is -0.524. The number of nitriles is 2.